The molecule has 0 aliphatic rings. The van der Waals surface area contributed by atoms with Crippen molar-refractivity contribution in [2.75, 3.05) is 12.4 Å². The number of nitrogens with zero attached hydrogens (tertiary/aromatic N) is 2. The Hall–Kier alpha value is -4.40. The van der Waals surface area contributed by atoms with E-state index in [0.717, 1.165) is 23.3 Å². The second-order valence-corrected chi connectivity index (χ2v) is 7.56. The average Bonchev–Trinajstić information content (AvgIpc) is 2.85. The fourth-order valence-corrected chi connectivity index (χ4v) is 3.31. The summed E-state index contributed by atoms with van der Waals surface area (Å²) in [6, 6.07) is 16.4. The minimum Gasteiger partial charge on any atom is -0.481 e. The Balaban J connectivity index is 1.60. The first-order valence-electron chi connectivity index (χ1n) is 10.5. The van der Waals surface area contributed by atoms with E-state index in [-0.39, 0.29) is 11.3 Å². The Morgan fingerprint density at radius 1 is 0.943 bits per heavy atom. The van der Waals surface area contributed by atoms with Gasteiger partial charge < -0.3 is 14.8 Å². The van der Waals surface area contributed by atoms with Gasteiger partial charge in [-0.1, -0.05) is 12.1 Å². The van der Waals surface area contributed by atoms with Crippen molar-refractivity contribution >= 4 is 11.6 Å². The molecule has 0 unspecified atom stereocenters. The Kier molecular flexibility index (Phi) is 6.68. The lowest BCUT2D eigenvalue weighted by Crippen LogP contribution is -2.13. The van der Waals surface area contributed by atoms with Gasteiger partial charge >= 0.3 is 6.18 Å². The maximum atomic E-state index is 13.0. The Labute approximate surface area is 199 Å². The van der Waals surface area contributed by atoms with Crippen molar-refractivity contribution < 1.29 is 27.4 Å². The molecule has 2 aromatic carbocycles. The largest absolute Gasteiger partial charge is 0.481 e. The van der Waals surface area contributed by atoms with Crippen molar-refractivity contribution in [1.82, 2.24) is 9.97 Å². The van der Waals surface area contributed by atoms with Crippen LogP contribution in [0.25, 0.3) is 11.1 Å². The fraction of sp³-hybridized carbons (Fsp3) is 0.115. The lowest BCUT2D eigenvalue weighted by Gasteiger charge is -2.14. The van der Waals surface area contributed by atoms with Gasteiger partial charge in [0, 0.05) is 35.3 Å². The number of methoxy groups -OCH3 is 1. The van der Waals surface area contributed by atoms with Gasteiger partial charge in [0.1, 0.15) is 5.75 Å². The first kappa shape index (κ1) is 23.7. The quantitative estimate of drug-likeness (QED) is 0.341. The van der Waals surface area contributed by atoms with Crippen LogP contribution in [0.2, 0.25) is 0 Å². The van der Waals surface area contributed by atoms with Gasteiger partial charge in [-0.3, -0.25) is 4.79 Å². The summed E-state index contributed by atoms with van der Waals surface area (Å²) in [4.78, 5) is 21.2. The maximum absolute atomic E-state index is 13.0. The Morgan fingerprint density at radius 2 is 1.77 bits per heavy atom. The van der Waals surface area contributed by atoms with Crippen molar-refractivity contribution in [3.63, 3.8) is 0 Å². The van der Waals surface area contributed by atoms with E-state index >= 15 is 0 Å². The molecule has 1 N–H and O–H groups in total. The van der Waals surface area contributed by atoms with E-state index in [0.29, 0.717) is 23.1 Å². The number of carbonyl (C=O) groups is 1. The predicted molar refractivity (Wildman–Crippen MR) is 125 cm³/mol. The van der Waals surface area contributed by atoms with Gasteiger partial charge in [-0.05, 0) is 66.6 Å². The van der Waals surface area contributed by atoms with Crippen LogP contribution in [0.5, 0.6) is 17.5 Å². The molecule has 0 aliphatic heterocycles. The van der Waals surface area contributed by atoms with Crippen molar-refractivity contribution in [3.8, 4) is 28.6 Å². The Morgan fingerprint density at radius 3 is 2.54 bits per heavy atom. The molecule has 0 saturated carbocycles. The third-order valence-corrected chi connectivity index (χ3v) is 5.13. The highest BCUT2D eigenvalue weighted by Crippen LogP contribution is 2.34. The summed E-state index contributed by atoms with van der Waals surface area (Å²) < 4.78 is 50.2. The van der Waals surface area contributed by atoms with Gasteiger partial charge in [0.25, 0.3) is 5.91 Å². The molecule has 35 heavy (non-hydrogen) atoms. The molecular weight excluding hydrogens is 459 g/mol. The van der Waals surface area contributed by atoms with Gasteiger partial charge in [0.2, 0.25) is 11.8 Å². The van der Waals surface area contributed by atoms with E-state index in [1.807, 2.05) is 13.0 Å². The molecule has 4 aromatic rings. The number of rotatable bonds is 6. The first-order valence-corrected chi connectivity index (χ1v) is 10.5. The third-order valence-electron chi connectivity index (χ3n) is 5.13. The number of ether oxygens (including phenoxy) is 2. The van der Waals surface area contributed by atoms with E-state index in [9.17, 15) is 18.0 Å². The summed E-state index contributed by atoms with van der Waals surface area (Å²) in [6.07, 6.45) is -1.32. The van der Waals surface area contributed by atoms with Crippen LogP contribution in [-0.4, -0.2) is 23.0 Å². The highest BCUT2D eigenvalue weighted by Gasteiger charge is 2.30. The number of alkyl halides is 3. The number of carbonyl (C=O) groups excluding carboxylic acids is 1. The van der Waals surface area contributed by atoms with Crippen LogP contribution in [0.4, 0.5) is 18.9 Å². The Bertz CT molecular complexity index is 1370. The van der Waals surface area contributed by atoms with Gasteiger partial charge in [-0.15, -0.1) is 0 Å². The molecule has 178 valence electrons. The zero-order valence-corrected chi connectivity index (χ0v) is 18.8. The van der Waals surface area contributed by atoms with E-state index in [2.05, 4.69) is 15.3 Å². The van der Waals surface area contributed by atoms with Crippen LogP contribution in [0.1, 0.15) is 21.5 Å². The molecule has 6 nitrogen and oxygen atoms in total. The van der Waals surface area contributed by atoms with Crippen molar-refractivity contribution in [3.05, 3.63) is 95.8 Å². The van der Waals surface area contributed by atoms with E-state index in [4.69, 9.17) is 9.47 Å². The first-order chi connectivity index (χ1) is 16.7. The second kappa shape index (κ2) is 9.84. The molecule has 1 amide bonds. The number of aryl methyl sites for hydroxylation is 1. The number of benzene rings is 2. The van der Waals surface area contributed by atoms with Gasteiger partial charge in [-0.2, -0.15) is 13.2 Å². The summed E-state index contributed by atoms with van der Waals surface area (Å²) in [6.45, 7) is 1.81. The number of pyridine rings is 2. The third kappa shape index (κ3) is 5.57. The van der Waals surface area contributed by atoms with Crippen LogP contribution < -0.4 is 14.8 Å². The smallest absolute Gasteiger partial charge is 0.416 e. The number of amides is 1. The van der Waals surface area contributed by atoms with Crippen LogP contribution >= 0.6 is 0 Å². The molecule has 4 rings (SSSR count). The van der Waals surface area contributed by atoms with E-state index in [1.165, 1.54) is 25.3 Å². The van der Waals surface area contributed by atoms with Crippen LogP contribution in [0.3, 0.4) is 0 Å². The number of hydrogen-bond donors (Lipinski definition) is 1. The van der Waals surface area contributed by atoms with Crippen LogP contribution in [-0.2, 0) is 6.18 Å². The predicted octanol–water partition coefficient (Wildman–Crippen LogP) is 6.52. The highest BCUT2D eigenvalue weighted by atomic mass is 19.4. The normalized spacial score (nSPS) is 11.1. The summed E-state index contributed by atoms with van der Waals surface area (Å²) in [5.74, 6) is 0.540. The minimum atomic E-state index is -4.51. The van der Waals surface area contributed by atoms with Gasteiger partial charge in [-0.25, -0.2) is 9.97 Å². The molecule has 2 heterocycles. The molecular formula is C26H20F3N3O3. The zero-order valence-electron chi connectivity index (χ0n) is 18.8. The van der Waals surface area contributed by atoms with E-state index in [1.54, 1.807) is 42.7 Å². The van der Waals surface area contributed by atoms with Crippen LogP contribution in [0, 0.1) is 6.92 Å². The summed E-state index contributed by atoms with van der Waals surface area (Å²) >= 11 is 0. The average molecular weight is 479 g/mol. The highest BCUT2D eigenvalue weighted by molar-refractivity contribution is 6.04. The molecule has 0 radical (unpaired) electrons. The molecule has 0 fully saturated rings. The molecule has 0 bridgehead atoms. The maximum Gasteiger partial charge on any atom is 0.416 e. The molecule has 0 spiro atoms. The molecule has 0 saturated heterocycles. The lowest BCUT2D eigenvalue weighted by atomic mass is 10.1. The minimum absolute atomic E-state index is 0.0338. The molecule has 0 aliphatic carbocycles. The molecule has 0 atom stereocenters. The summed E-state index contributed by atoms with van der Waals surface area (Å²) in [5.41, 5.74) is 1.60. The fourth-order valence-electron chi connectivity index (χ4n) is 3.31. The lowest BCUT2D eigenvalue weighted by molar-refractivity contribution is -0.137. The van der Waals surface area contributed by atoms with Crippen molar-refractivity contribution in [2.24, 2.45) is 0 Å². The summed E-state index contributed by atoms with van der Waals surface area (Å²) in [7, 11) is 1.52. The number of anilines is 1. The zero-order chi connectivity index (χ0) is 25.0. The number of aromatic nitrogens is 2. The SMILES string of the molecule is COc1cc(-c2cccnc2Oc2cc(C(=O)Nc3cccc(C(F)(F)F)c3)ccc2C)ccn1. The van der Waals surface area contributed by atoms with Gasteiger partial charge in [0.05, 0.1) is 12.7 Å². The van der Waals surface area contributed by atoms with Gasteiger partial charge in [0.15, 0.2) is 0 Å². The number of halogens is 3. The monoisotopic (exact) mass is 479 g/mol. The molecule has 9 heteroatoms. The van der Waals surface area contributed by atoms with Crippen LogP contribution in [0.15, 0.2) is 79.1 Å². The van der Waals surface area contributed by atoms with Crippen molar-refractivity contribution in [1.29, 1.82) is 0 Å². The second-order valence-electron chi connectivity index (χ2n) is 7.56. The standard InChI is InChI=1S/C26H20F3N3O3/c1-16-8-9-18(24(33)32-20-6-3-5-19(15-20)26(27,28)29)13-22(16)35-25-21(7-4-11-31-25)17-10-12-30-23(14-17)34-2/h3-15H,1-2H3,(H,32,33). The van der Waals surface area contributed by atoms with E-state index < -0.39 is 17.6 Å². The van der Waals surface area contributed by atoms with Crippen molar-refractivity contribution in [2.45, 2.75) is 13.1 Å². The summed E-state index contributed by atoms with van der Waals surface area (Å²) in [5, 5.41) is 2.50. The number of nitrogens with one attached hydrogen (secondary N) is 1. The number of hydrogen-bond acceptors (Lipinski definition) is 5. The topological polar surface area (TPSA) is 73.3 Å². The molecule has 2 aromatic heterocycles.